The number of halogens is 2. The number of aromatic nitrogens is 1. The summed E-state index contributed by atoms with van der Waals surface area (Å²) in [7, 11) is 0. The number of aromatic carboxylic acids is 1. The highest BCUT2D eigenvalue weighted by atomic mass is 19.1. The van der Waals surface area contributed by atoms with E-state index in [0.29, 0.717) is 12.8 Å². The van der Waals surface area contributed by atoms with E-state index < -0.39 is 46.3 Å². The minimum Gasteiger partial charge on any atom is -0.477 e. The Balaban J connectivity index is 1.87. The number of anilines is 1. The molecule has 1 aliphatic heterocycles. The Morgan fingerprint density at radius 3 is 2.56 bits per heavy atom. The summed E-state index contributed by atoms with van der Waals surface area (Å²) >= 11 is 0. The Bertz CT molecular complexity index is 1180. The van der Waals surface area contributed by atoms with Gasteiger partial charge in [-0.3, -0.25) is 4.79 Å². The molecule has 2 heterocycles. The van der Waals surface area contributed by atoms with Crippen molar-refractivity contribution in [3.8, 4) is 0 Å². The number of piperazine rings is 1. The molecule has 0 bridgehead atoms. The molecular formula is C21H24F2N4O5. The highest BCUT2D eigenvalue weighted by molar-refractivity contribution is 5.95. The Kier molecular flexibility index (Phi) is 5.32. The lowest BCUT2D eigenvalue weighted by atomic mass is 9.95. The van der Waals surface area contributed by atoms with E-state index >= 15 is 8.78 Å². The number of carboxylic acids is 1. The molecule has 1 atom stereocenters. The summed E-state index contributed by atoms with van der Waals surface area (Å²) in [5, 5.41) is 8.91. The van der Waals surface area contributed by atoms with Crippen LogP contribution in [0.4, 0.5) is 19.3 Å². The zero-order chi connectivity index (χ0) is 23.4. The molecule has 1 aromatic carbocycles. The van der Waals surface area contributed by atoms with E-state index in [-0.39, 0.29) is 48.4 Å². The van der Waals surface area contributed by atoms with Crippen LogP contribution in [-0.4, -0.2) is 59.3 Å². The summed E-state index contributed by atoms with van der Waals surface area (Å²) in [6, 6.07) is -0.458. The van der Waals surface area contributed by atoms with E-state index in [9.17, 15) is 19.5 Å². The molecule has 4 N–H and O–H groups in total. The van der Waals surface area contributed by atoms with E-state index in [2.05, 4.69) is 4.98 Å². The number of nitrogens with zero attached hydrogens (tertiary/aromatic N) is 2. The summed E-state index contributed by atoms with van der Waals surface area (Å²) in [5.74, 6) is -3.48. The number of hydrogen-bond acceptors (Lipinski definition) is 6. The lowest BCUT2D eigenvalue weighted by Crippen LogP contribution is -2.54. The van der Waals surface area contributed by atoms with Gasteiger partial charge in [0.05, 0.1) is 17.5 Å². The van der Waals surface area contributed by atoms with Gasteiger partial charge in [0.1, 0.15) is 11.3 Å². The number of benzene rings is 1. The van der Waals surface area contributed by atoms with Gasteiger partial charge in [0.15, 0.2) is 11.6 Å². The summed E-state index contributed by atoms with van der Waals surface area (Å²) in [6.45, 7) is 4.14. The van der Waals surface area contributed by atoms with Crippen molar-refractivity contribution in [3.05, 3.63) is 39.2 Å². The second-order valence-electron chi connectivity index (χ2n) is 8.28. The number of rotatable bonds is 4. The quantitative estimate of drug-likeness (QED) is 0.651. The van der Waals surface area contributed by atoms with Crippen molar-refractivity contribution in [2.24, 2.45) is 5.73 Å². The summed E-state index contributed by atoms with van der Waals surface area (Å²) < 4.78 is 36.5. The topological polar surface area (TPSA) is 129 Å². The fourth-order valence-electron chi connectivity index (χ4n) is 4.32. The van der Waals surface area contributed by atoms with Crippen LogP contribution in [0.1, 0.15) is 42.6 Å². The Morgan fingerprint density at radius 2 is 2.00 bits per heavy atom. The third-order valence-corrected chi connectivity index (χ3v) is 6.15. The third-order valence-electron chi connectivity index (χ3n) is 6.15. The number of carboxylic acid groups (broad SMARTS) is 1. The van der Waals surface area contributed by atoms with Crippen molar-refractivity contribution in [2.45, 2.75) is 38.3 Å². The number of fused-ring (bicyclic) bond motifs is 1. The Labute approximate surface area is 181 Å². The van der Waals surface area contributed by atoms with Gasteiger partial charge in [-0.25, -0.2) is 18.4 Å². The van der Waals surface area contributed by atoms with Gasteiger partial charge in [0.2, 0.25) is 5.43 Å². The fraction of sp³-hybridized carbons (Fsp3) is 0.476. The molecule has 32 heavy (non-hydrogen) atoms. The molecule has 1 aliphatic carbocycles. The maximum absolute atomic E-state index is 15.9. The minimum atomic E-state index is -1.51. The number of amides is 1. The molecule has 172 valence electrons. The van der Waals surface area contributed by atoms with Crippen molar-refractivity contribution in [3.63, 3.8) is 0 Å². The average molecular weight is 450 g/mol. The van der Waals surface area contributed by atoms with Gasteiger partial charge < -0.3 is 30.4 Å². The average Bonchev–Trinajstić information content (AvgIpc) is 3.47. The van der Waals surface area contributed by atoms with Crippen molar-refractivity contribution in [1.29, 1.82) is 0 Å². The molecule has 1 aromatic heterocycles. The first-order chi connectivity index (χ1) is 15.1. The number of H-pyrrole nitrogens is 1. The molecule has 11 heteroatoms. The van der Waals surface area contributed by atoms with Gasteiger partial charge in [-0.2, -0.15) is 0 Å². The van der Waals surface area contributed by atoms with E-state index in [4.69, 9.17) is 10.5 Å². The summed E-state index contributed by atoms with van der Waals surface area (Å²) in [4.78, 5) is 41.8. The normalized spacial score (nSPS) is 19.8. The van der Waals surface area contributed by atoms with Gasteiger partial charge in [-0.1, -0.05) is 0 Å². The van der Waals surface area contributed by atoms with Crippen LogP contribution in [0.3, 0.4) is 0 Å². The summed E-state index contributed by atoms with van der Waals surface area (Å²) in [6.07, 6.45) is 1.17. The number of hydrogen-bond donors (Lipinski definition) is 3. The molecule has 1 saturated carbocycles. The third kappa shape index (κ3) is 3.36. The van der Waals surface area contributed by atoms with Crippen molar-refractivity contribution in [2.75, 3.05) is 31.1 Å². The van der Waals surface area contributed by atoms with Crippen LogP contribution in [0.25, 0.3) is 10.9 Å². The van der Waals surface area contributed by atoms with Gasteiger partial charge >= 0.3 is 12.1 Å². The van der Waals surface area contributed by atoms with E-state index in [0.717, 1.165) is 6.20 Å². The molecule has 0 radical (unpaired) electrons. The first kappa shape index (κ1) is 22.0. The highest BCUT2D eigenvalue weighted by Gasteiger charge is 2.46. The number of carbonyl (C=O) groups is 2. The smallest absolute Gasteiger partial charge is 0.409 e. The number of ether oxygens (including phenoxy) is 1. The lowest BCUT2D eigenvalue weighted by Gasteiger charge is -2.41. The van der Waals surface area contributed by atoms with Crippen LogP contribution in [0, 0.1) is 11.6 Å². The molecule has 2 aromatic rings. The number of nitrogens with one attached hydrogen (secondary N) is 1. The van der Waals surface area contributed by atoms with Crippen LogP contribution >= 0.6 is 0 Å². The first-order valence-corrected chi connectivity index (χ1v) is 10.4. The second-order valence-corrected chi connectivity index (χ2v) is 8.28. The van der Waals surface area contributed by atoms with Crippen LogP contribution < -0.4 is 16.1 Å². The molecule has 2 fully saturated rings. The van der Waals surface area contributed by atoms with Gasteiger partial charge in [-0.15, -0.1) is 0 Å². The zero-order valence-corrected chi connectivity index (χ0v) is 17.7. The standard InChI is InChI=1S/C21H24F2N4O5/c1-3-32-20(31)26-6-7-27(10(2)9-26)17-14(22)13(21(24)4-5-21)12-16(15(17)23)25-8-11(18(12)28)19(29)30/h8,10H,3-7,9,24H2,1-2H3,(H,25,28)(H,29,30). The predicted molar refractivity (Wildman–Crippen MR) is 112 cm³/mol. The van der Waals surface area contributed by atoms with Crippen LogP contribution in [0.5, 0.6) is 0 Å². The van der Waals surface area contributed by atoms with E-state index in [1.165, 1.54) is 9.80 Å². The number of pyridine rings is 1. The minimum absolute atomic E-state index is 0.133. The van der Waals surface area contributed by atoms with E-state index in [1.807, 2.05) is 0 Å². The number of carbonyl (C=O) groups excluding carboxylic acids is 1. The molecular weight excluding hydrogens is 426 g/mol. The maximum atomic E-state index is 15.9. The predicted octanol–water partition coefficient (Wildman–Crippen LogP) is 2.12. The van der Waals surface area contributed by atoms with Crippen LogP contribution in [0.2, 0.25) is 0 Å². The largest absolute Gasteiger partial charge is 0.477 e. The SMILES string of the molecule is CCOC(=O)N1CCN(c2c(F)c(C3(N)CC3)c3c(=O)c(C(=O)O)c[nH]c3c2F)C(C)C1. The Hall–Kier alpha value is -3.21. The highest BCUT2D eigenvalue weighted by Crippen LogP contribution is 2.48. The lowest BCUT2D eigenvalue weighted by molar-refractivity contribution is 0.0695. The maximum Gasteiger partial charge on any atom is 0.409 e. The molecule has 1 saturated heterocycles. The Morgan fingerprint density at radius 1 is 1.31 bits per heavy atom. The molecule has 0 spiro atoms. The summed E-state index contributed by atoms with van der Waals surface area (Å²) in [5.41, 5.74) is 2.67. The molecule has 1 amide bonds. The molecule has 9 nitrogen and oxygen atoms in total. The van der Waals surface area contributed by atoms with Crippen LogP contribution in [-0.2, 0) is 10.3 Å². The van der Waals surface area contributed by atoms with Crippen molar-refractivity contribution in [1.82, 2.24) is 9.88 Å². The zero-order valence-electron chi connectivity index (χ0n) is 17.7. The van der Waals surface area contributed by atoms with Gasteiger partial charge in [0, 0.05) is 43.0 Å². The van der Waals surface area contributed by atoms with Crippen LogP contribution in [0.15, 0.2) is 11.0 Å². The van der Waals surface area contributed by atoms with E-state index in [1.54, 1.807) is 13.8 Å². The molecule has 1 unspecified atom stereocenters. The molecule has 2 aliphatic rings. The fourth-order valence-corrected chi connectivity index (χ4v) is 4.32. The van der Waals surface area contributed by atoms with Crippen molar-refractivity contribution >= 4 is 28.7 Å². The molecule has 4 rings (SSSR count). The first-order valence-electron chi connectivity index (χ1n) is 10.4. The monoisotopic (exact) mass is 450 g/mol. The second kappa shape index (κ2) is 7.73. The number of nitrogens with two attached hydrogens (primary N) is 1. The van der Waals surface area contributed by atoms with Crippen molar-refractivity contribution < 1.29 is 28.2 Å². The van der Waals surface area contributed by atoms with Gasteiger partial charge in [0.25, 0.3) is 0 Å². The van der Waals surface area contributed by atoms with Gasteiger partial charge in [-0.05, 0) is 26.7 Å². The number of aromatic amines is 1.